The van der Waals surface area contributed by atoms with Crippen molar-refractivity contribution in [3.05, 3.63) is 11.7 Å². The van der Waals surface area contributed by atoms with Crippen LogP contribution >= 0.6 is 0 Å². The molecule has 1 aliphatic carbocycles. The maximum Gasteiger partial charge on any atom is 0.292 e. The van der Waals surface area contributed by atoms with Gasteiger partial charge in [0, 0.05) is 6.04 Å². The van der Waals surface area contributed by atoms with E-state index >= 15 is 0 Å². The Kier molecular flexibility index (Phi) is 4.53. The summed E-state index contributed by atoms with van der Waals surface area (Å²) in [5, 5.41) is 10.1. The normalized spacial score (nSPS) is 24.9. The Labute approximate surface area is 125 Å². The van der Waals surface area contributed by atoms with Crippen LogP contribution in [-0.4, -0.2) is 28.6 Å². The van der Waals surface area contributed by atoms with Crippen molar-refractivity contribution in [2.75, 3.05) is 6.54 Å². The second kappa shape index (κ2) is 6.56. The predicted octanol–water partition coefficient (Wildman–Crippen LogP) is 2.19. The van der Waals surface area contributed by atoms with Crippen molar-refractivity contribution >= 4 is 5.91 Å². The molecule has 6 heteroatoms. The van der Waals surface area contributed by atoms with Crippen molar-refractivity contribution in [3.8, 4) is 0 Å². The number of hydrogen-bond donors (Lipinski definition) is 2. The molecule has 2 N–H and O–H groups in total. The first-order valence-corrected chi connectivity index (χ1v) is 8.12. The lowest BCUT2D eigenvalue weighted by atomic mass is 9.84. The Hall–Kier alpha value is -1.43. The van der Waals surface area contributed by atoms with Crippen LogP contribution < -0.4 is 10.6 Å². The summed E-state index contributed by atoms with van der Waals surface area (Å²) in [4.78, 5) is 16.4. The minimum atomic E-state index is -0.221. The largest absolute Gasteiger partial charge is 0.346 e. The van der Waals surface area contributed by atoms with Gasteiger partial charge in [-0.1, -0.05) is 24.4 Å². The van der Waals surface area contributed by atoms with Crippen LogP contribution in [0.25, 0.3) is 0 Å². The second-order valence-electron chi connectivity index (χ2n) is 6.27. The zero-order valence-corrected chi connectivity index (χ0v) is 12.6. The lowest BCUT2D eigenvalue weighted by Gasteiger charge is -2.27. The summed E-state index contributed by atoms with van der Waals surface area (Å²) in [6, 6.07) is 0.277. The highest BCUT2D eigenvalue weighted by molar-refractivity contribution is 5.90. The van der Waals surface area contributed by atoms with Crippen LogP contribution in [0.2, 0.25) is 0 Å². The van der Waals surface area contributed by atoms with Crippen LogP contribution in [-0.2, 0) is 0 Å². The molecule has 2 unspecified atom stereocenters. The van der Waals surface area contributed by atoms with Gasteiger partial charge in [-0.2, -0.15) is 4.98 Å². The van der Waals surface area contributed by atoms with E-state index in [4.69, 9.17) is 4.52 Å². The average Bonchev–Trinajstić information content (AvgIpc) is 3.19. The van der Waals surface area contributed by atoms with E-state index in [1.165, 1.54) is 32.1 Å². The number of amides is 1. The van der Waals surface area contributed by atoms with Crippen molar-refractivity contribution in [2.24, 2.45) is 5.92 Å². The Balaban J connectivity index is 1.57. The average molecular weight is 292 g/mol. The zero-order valence-electron chi connectivity index (χ0n) is 12.6. The third kappa shape index (κ3) is 3.43. The highest BCUT2D eigenvalue weighted by Crippen LogP contribution is 2.26. The summed E-state index contributed by atoms with van der Waals surface area (Å²) >= 11 is 0. The molecule has 6 nitrogen and oxygen atoms in total. The Morgan fingerprint density at radius 1 is 1.29 bits per heavy atom. The second-order valence-corrected chi connectivity index (χ2v) is 6.27. The van der Waals surface area contributed by atoms with Crippen molar-refractivity contribution < 1.29 is 9.32 Å². The van der Waals surface area contributed by atoms with Crippen molar-refractivity contribution in [3.63, 3.8) is 0 Å². The van der Waals surface area contributed by atoms with Crippen LogP contribution in [0.15, 0.2) is 4.52 Å². The molecule has 1 aromatic heterocycles. The fourth-order valence-corrected chi connectivity index (χ4v) is 3.39. The van der Waals surface area contributed by atoms with Gasteiger partial charge in [-0.15, -0.1) is 0 Å². The Bertz CT molecular complexity index is 476. The van der Waals surface area contributed by atoms with Gasteiger partial charge in [0.1, 0.15) is 0 Å². The van der Waals surface area contributed by atoms with E-state index in [9.17, 15) is 4.79 Å². The third-order valence-corrected chi connectivity index (χ3v) is 4.72. The number of nitrogens with one attached hydrogen (secondary N) is 2. The quantitative estimate of drug-likeness (QED) is 0.889. The number of nitrogens with zero attached hydrogens (tertiary/aromatic N) is 2. The number of hydrogen-bond acceptors (Lipinski definition) is 5. The highest BCUT2D eigenvalue weighted by atomic mass is 16.5. The SMILES string of the molecule is CC(NC(=O)c1noc(C2CCCN2)n1)C1CCCCC1. The first kappa shape index (κ1) is 14.5. The molecule has 1 saturated heterocycles. The molecule has 2 aliphatic rings. The third-order valence-electron chi connectivity index (χ3n) is 4.72. The molecule has 0 radical (unpaired) electrons. The first-order valence-electron chi connectivity index (χ1n) is 8.12. The topological polar surface area (TPSA) is 80.0 Å². The molecule has 21 heavy (non-hydrogen) atoms. The van der Waals surface area contributed by atoms with Crippen molar-refractivity contribution in [2.45, 2.75) is 64.0 Å². The van der Waals surface area contributed by atoms with Gasteiger partial charge in [-0.3, -0.25) is 4.79 Å². The van der Waals surface area contributed by atoms with E-state index < -0.39 is 0 Å². The molecule has 2 heterocycles. The molecule has 0 bridgehead atoms. The number of rotatable bonds is 4. The van der Waals surface area contributed by atoms with E-state index in [1.54, 1.807) is 0 Å². The molecule has 1 aliphatic heterocycles. The van der Waals surface area contributed by atoms with Gasteiger partial charge in [0.05, 0.1) is 6.04 Å². The van der Waals surface area contributed by atoms with Gasteiger partial charge >= 0.3 is 0 Å². The molecule has 3 rings (SSSR count). The lowest BCUT2D eigenvalue weighted by Crippen LogP contribution is -2.39. The van der Waals surface area contributed by atoms with Gasteiger partial charge < -0.3 is 15.2 Å². The molecular weight excluding hydrogens is 268 g/mol. The van der Waals surface area contributed by atoms with E-state index in [1.807, 2.05) is 0 Å². The minimum Gasteiger partial charge on any atom is -0.346 e. The summed E-state index contributed by atoms with van der Waals surface area (Å²) < 4.78 is 5.21. The van der Waals surface area contributed by atoms with Crippen LogP contribution in [0.1, 0.15) is 74.4 Å². The van der Waals surface area contributed by atoms with Crippen LogP contribution in [0.3, 0.4) is 0 Å². The first-order chi connectivity index (χ1) is 10.2. The maximum atomic E-state index is 12.2. The van der Waals surface area contributed by atoms with Crippen LogP contribution in [0, 0.1) is 5.92 Å². The fourth-order valence-electron chi connectivity index (χ4n) is 3.39. The fraction of sp³-hybridized carbons (Fsp3) is 0.800. The summed E-state index contributed by atoms with van der Waals surface area (Å²) in [6.45, 7) is 3.04. The minimum absolute atomic E-state index is 0.106. The van der Waals surface area contributed by atoms with Crippen LogP contribution in [0.5, 0.6) is 0 Å². The summed E-state index contributed by atoms with van der Waals surface area (Å²) in [5.41, 5.74) is 0. The molecule has 1 saturated carbocycles. The summed E-state index contributed by atoms with van der Waals surface area (Å²) in [5.74, 6) is 1.04. The monoisotopic (exact) mass is 292 g/mol. The molecule has 1 aromatic rings. The van der Waals surface area contributed by atoms with Gasteiger partial charge in [0.2, 0.25) is 5.89 Å². The van der Waals surface area contributed by atoms with E-state index in [-0.39, 0.29) is 23.8 Å². The molecule has 0 spiro atoms. The van der Waals surface area contributed by atoms with Gasteiger partial charge in [-0.25, -0.2) is 0 Å². The molecular formula is C15H24N4O2. The number of carbonyl (C=O) groups excluding carboxylic acids is 1. The van der Waals surface area contributed by atoms with Gasteiger partial charge in [0.25, 0.3) is 11.7 Å². The van der Waals surface area contributed by atoms with Gasteiger partial charge in [-0.05, 0) is 45.1 Å². The van der Waals surface area contributed by atoms with Gasteiger partial charge in [0.15, 0.2) is 0 Å². The van der Waals surface area contributed by atoms with Crippen molar-refractivity contribution in [1.82, 2.24) is 20.8 Å². The zero-order chi connectivity index (χ0) is 14.7. The Morgan fingerprint density at radius 2 is 2.10 bits per heavy atom. The molecule has 1 amide bonds. The highest BCUT2D eigenvalue weighted by Gasteiger charge is 2.26. The molecule has 2 fully saturated rings. The smallest absolute Gasteiger partial charge is 0.292 e. The number of aromatic nitrogens is 2. The molecule has 0 aromatic carbocycles. The van der Waals surface area contributed by atoms with E-state index in [0.29, 0.717) is 11.8 Å². The van der Waals surface area contributed by atoms with E-state index in [0.717, 1.165) is 19.4 Å². The van der Waals surface area contributed by atoms with Crippen LogP contribution in [0.4, 0.5) is 0 Å². The molecule has 116 valence electrons. The lowest BCUT2D eigenvalue weighted by molar-refractivity contribution is 0.0905. The van der Waals surface area contributed by atoms with E-state index in [2.05, 4.69) is 27.7 Å². The predicted molar refractivity (Wildman–Crippen MR) is 77.8 cm³/mol. The molecule has 2 atom stereocenters. The Morgan fingerprint density at radius 3 is 2.81 bits per heavy atom. The standard InChI is InChI=1S/C15H24N4O2/c1-10(11-6-3-2-4-7-11)17-14(20)13-18-15(21-19-13)12-8-5-9-16-12/h10-12,16H,2-9H2,1H3,(H,17,20). The summed E-state index contributed by atoms with van der Waals surface area (Å²) in [6.07, 6.45) is 8.35. The van der Waals surface area contributed by atoms with Crippen molar-refractivity contribution in [1.29, 1.82) is 0 Å². The summed E-state index contributed by atoms with van der Waals surface area (Å²) in [7, 11) is 0. The number of carbonyl (C=O) groups is 1. The maximum absolute atomic E-state index is 12.2.